The summed E-state index contributed by atoms with van der Waals surface area (Å²) in [4.78, 5) is 38.2. The largest absolute Gasteiger partial charge is 0.503 e. The first-order valence-corrected chi connectivity index (χ1v) is 10.2. The van der Waals surface area contributed by atoms with E-state index in [1.54, 1.807) is 6.07 Å². The first-order chi connectivity index (χ1) is 15.5. The SMILES string of the molecule is O=C(CCc1ccccc1)C1=C(O)C(=O)N(CCOCCO)C1c1ccccc1[N+](=O)[O-]. The Morgan fingerprint density at radius 2 is 1.78 bits per heavy atom. The number of amides is 1. The van der Waals surface area contributed by atoms with Crippen LogP contribution in [0.15, 0.2) is 65.9 Å². The van der Waals surface area contributed by atoms with Crippen molar-refractivity contribution in [3.05, 3.63) is 87.2 Å². The van der Waals surface area contributed by atoms with Crippen LogP contribution < -0.4 is 0 Å². The van der Waals surface area contributed by atoms with Crippen LogP contribution in [0.1, 0.15) is 23.6 Å². The third kappa shape index (κ3) is 5.01. The monoisotopic (exact) mass is 440 g/mol. The van der Waals surface area contributed by atoms with Gasteiger partial charge >= 0.3 is 0 Å². The van der Waals surface area contributed by atoms with Crippen molar-refractivity contribution in [2.24, 2.45) is 0 Å². The average molecular weight is 440 g/mol. The number of aliphatic hydroxyl groups excluding tert-OH is 2. The standard InChI is InChI=1S/C23H24N2O7/c26-13-15-32-14-12-24-21(17-8-4-5-9-18(17)25(30)31)20(22(28)23(24)29)19(27)11-10-16-6-2-1-3-7-16/h1-9,21,26,28H,10-15H2. The van der Waals surface area contributed by atoms with Crippen molar-refractivity contribution in [3.8, 4) is 0 Å². The van der Waals surface area contributed by atoms with Crippen molar-refractivity contribution in [3.63, 3.8) is 0 Å². The van der Waals surface area contributed by atoms with E-state index in [1.165, 1.54) is 23.1 Å². The molecule has 0 saturated heterocycles. The molecule has 0 aliphatic carbocycles. The maximum Gasteiger partial charge on any atom is 0.290 e. The summed E-state index contributed by atoms with van der Waals surface area (Å²) in [5, 5.41) is 31.1. The van der Waals surface area contributed by atoms with Gasteiger partial charge in [-0.25, -0.2) is 0 Å². The number of hydrogen-bond donors (Lipinski definition) is 2. The van der Waals surface area contributed by atoms with E-state index in [1.807, 2.05) is 30.3 Å². The van der Waals surface area contributed by atoms with E-state index in [2.05, 4.69) is 0 Å². The number of rotatable bonds is 11. The van der Waals surface area contributed by atoms with E-state index in [9.17, 15) is 24.8 Å². The number of aryl methyl sites for hydroxylation is 1. The maximum absolute atomic E-state index is 13.1. The minimum Gasteiger partial charge on any atom is -0.503 e. The van der Waals surface area contributed by atoms with Crippen LogP contribution in [0.3, 0.4) is 0 Å². The van der Waals surface area contributed by atoms with E-state index in [0.717, 1.165) is 5.56 Å². The predicted octanol–water partition coefficient (Wildman–Crippen LogP) is 2.50. The molecule has 9 nitrogen and oxygen atoms in total. The second-order valence-corrected chi connectivity index (χ2v) is 7.22. The highest BCUT2D eigenvalue weighted by atomic mass is 16.6. The minimum absolute atomic E-state index is 0.0188. The van der Waals surface area contributed by atoms with E-state index in [4.69, 9.17) is 9.84 Å². The van der Waals surface area contributed by atoms with Crippen LogP contribution in [0.5, 0.6) is 0 Å². The van der Waals surface area contributed by atoms with Gasteiger partial charge in [-0.3, -0.25) is 19.7 Å². The zero-order valence-corrected chi connectivity index (χ0v) is 17.3. The highest BCUT2D eigenvalue weighted by Gasteiger charge is 2.45. The molecule has 1 unspecified atom stereocenters. The van der Waals surface area contributed by atoms with Gasteiger partial charge in [0.25, 0.3) is 11.6 Å². The third-order valence-electron chi connectivity index (χ3n) is 5.23. The number of ketones is 1. The molecule has 2 aromatic carbocycles. The fourth-order valence-corrected chi connectivity index (χ4v) is 3.74. The van der Waals surface area contributed by atoms with Crippen molar-refractivity contribution in [1.29, 1.82) is 0 Å². The number of benzene rings is 2. The quantitative estimate of drug-likeness (QED) is 0.312. The Balaban J connectivity index is 1.94. The second-order valence-electron chi connectivity index (χ2n) is 7.22. The molecule has 32 heavy (non-hydrogen) atoms. The van der Waals surface area contributed by atoms with Crippen LogP contribution in [-0.4, -0.2) is 58.1 Å². The first kappa shape index (κ1) is 23.1. The lowest BCUT2D eigenvalue weighted by atomic mass is 9.92. The van der Waals surface area contributed by atoms with Crippen molar-refractivity contribution in [1.82, 2.24) is 4.90 Å². The Morgan fingerprint density at radius 1 is 1.09 bits per heavy atom. The van der Waals surface area contributed by atoms with Crippen LogP contribution in [0.25, 0.3) is 0 Å². The summed E-state index contributed by atoms with van der Waals surface area (Å²) in [7, 11) is 0. The highest BCUT2D eigenvalue weighted by Crippen LogP contribution is 2.41. The summed E-state index contributed by atoms with van der Waals surface area (Å²) < 4.78 is 5.23. The van der Waals surface area contributed by atoms with E-state index in [-0.39, 0.29) is 49.6 Å². The summed E-state index contributed by atoms with van der Waals surface area (Å²) in [6.45, 7) is -0.133. The molecule has 9 heteroatoms. The molecule has 1 heterocycles. The number of aliphatic hydroxyl groups is 2. The van der Waals surface area contributed by atoms with Gasteiger partial charge in [-0.1, -0.05) is 42.5 Å². The molecule has 2 N–H and O–H groups in total. The highest BCUT2D eigenvalue weighted by molar-refractivity contribution is 6.09. The molecule has 0 radical (unpaired) electrons. The van der Waals surface area contributed by atoms with Gasteiger partial charge in [0.05, 0.1) is 41.9 Å². The first-order valence-electron chi connectivity index (χ1n) is 10.2. The van der Waals surface area contributed by atoms with Crippen molar-refractivity contribution < 1.29 is 29.5 Å². The van der Waals surface area contributed by atoms with E-state index in [0.29, 0.717) is 6.42 Å². The number of nitro benzene ring substituents is 1. The molecular weight excluding hydrogens is 416 g/mol. The Morgan fingerprint density at radius 3 is 2.47 bits per heavy atom. The molecule has 0 saturated carbocycles. The average Bonchev–Trinajstić information content (AvgIpc) is 3.05. The van der Waals surface area contributed by atoms with Crippen molar-refractivity contribution in [2.45, 2.75) is 18.9 Å². The number of carbonyl (C=O) groups is 2. The van der Waals surface area contributed by atoms with E-state index < -0.39 is 28.4 Å². The molecule has 3 rings (SSSR count). The fourth-order valence-electron chi connectivity index (χ4n) is 3.74. The summed E-state index contributed by atoms with van der Waals surface area (Å²) in [6, 6.07) is 14.0. The number of para-hydroxylation sites is 1. The number of carbonyl (C=O) groups excluding carboxylic acids is 2. The summed E-state index contributed by atoms with van der Waals surface area (Å²) >= 11 is 0. The third-order valence-corrected chi connectivity index (χ3v) is 5.23. The number of ether oxygens (including phenoxy) is 1. The molecule has 1 aliphatic heterocycles. The van der Waals surface area contributed by atoms with Gasteiger partial charge in [-0.05, 0) is 18.1 Å². The molecule has 0 spiro atoms. The number of nitro groups is 1. The molecule has 1 amide bonds. The van der Waals surface area contributed by atoms with Gasteiger partial charge in [0.1, 0.15) is 0 Å². The van der Waals surface area contributed by atoms with Crippen molar-refractivity contribution in [2.75, 3.05) is 26.4 Å². The normalized spacial score (nSPS) is 16.0. The zero-order valence-electron chi connectivity index (χ0n) is 17.3. The molecule has 0 bridgehead atoms. The Hall–Kier alpha value is -3.56. The van der Waals surface area contributed by atoms with Gasteiger partial charge in [0.2, 0.25) is 0 Å². The van der Waals surface area contributed by atoms with Crippen LogP contribution >= 0.6 is 0 Å². The molecule has 0 fully saturated rings. The lowest BCUT2D eigenvalue weighted by Crippen LogP contribution is -2.34. The van der Waals surface area contributed by atoms with Gasteiger partial charge in [0, 0.05) is 19.0 Å². The molecule has 1 aliphatic rings. The number of nitrogens with zero attached hydrogens (tertiary/aromatic N) is 2. The molecular formula is C23H24N2O7. The van der Waals surface area contributed by atoms with Gasteiger partial charge < -0.3 is 19.8 Å². The summed E-state index contributed by atoms with van der Waals surface area (Å²) in [5.74, 6) is -1.95. The van der Waals surface area contributed by atoms with Gasteiger partial charge in [-0.2, -0.15) is 0 Å². The number of hydrogen-bond acceptors (Lipinski definition) is 7. The van der Waals surface area contributed by atoms with Crippen LogP contribution in [0.4, 0.5) is 5.69 Å². The lowest BCUT2D eigenvalue weighted by Gasteiger charge is -2.26. The Kier molecular flexibility index (Phi) is 7.69. The second kappa shape index (κ2) is 10.7. The van der Waals surface area contributed by atoms with Crippen LogP contribution in [0.2, 0.25) is 0 Å². The van der Waals surface area contributed by atoms with Crippen molar-refractivity contribution >= 4 is 17.4 Å². The molecule has 1 atom stereocenters. The smallest absolute Gasteiger partial charge is 0.290 e. The summed E-state index contributed by atoms with van der Waals surface area (Å²) in [6.07, 6.45) is 0.427. The minimum atomic E-state index is -1.11. The molecule has 168 valence electrons. The fraction of sp³-hybridized carbons (Fsp3) is 0.304. The van der Waals surface area contributed by atoms with E-state index >= 15 is 0 Å². The number of Topliss-reactive ketones (excluding diaryl/α,β-unsaturated/α-hetero) is 1. The Bertz CT molecular complexity index is 1020. The van der Waals surface area contributed by atoms with Crippen LogP contribution in [-0.2, 0) is 20.7 Å². The van der Waals surface area contributed by atoms with Gasteiger partial charge in [-0.15, -0.1) is 0 Å². The lowest BCUT2D eigenvalue weighted by molar-refractivity contribution is -0.385. The molecule has 2 aromatic rings. The summed E-state index contributed by atoms with van der Waals surface area (Å²) in [5.41, 5.74) is 0.652. The zero-order chi connectivity index (χ0) is 23.1. The van der Waals surface area contributed by atoms with Crippen LogP contribution in [0, 0.1) is 10.1 Å². The molecule has 0 aromatic heterocycles. The topological polar surface area (TPSA) is 130 Å². The Labute approximate surface area is 184 Å². The maximum atomic E-state index is 13.1. The predicted molar refractivity (Wildman–Crippen MR) is 115 cm³/mol. The van der Waals surface area contributed by atoms with Gasteiger partial charge in [0.15, 0.2) is 11.5 Å².